The number of aryl methyl sites for hydroxylation is 1. The molecule has 1 aromatic heterocycles. The van der Waals surface area contributed by atoms with Crippen molar-refractivity contribution in [3.05, 3.63) is 52.8 Å². The highest BCUT2D eigenvalue weighted by Gasteiger charge is 2.27. The van der Waals surface area contributed by atoms with Crippen LogP contribution >= 0.6 is 11.6 Å². The van der Waals surface area contributed by atoms with Gasteiger partial charge in [0.15, 0.2) is 11.5 Å². The highest BCUT2D eigenvalue weighted by molar-refractivity contribution is 6.32. The molecule has 4 rings (SSSR count). The maximum Gasteiger partial charge on any atom is 0.247 e. The SMILES string of the molecule is Cn1cccc1C1CCCCCN1C(=O)/C=C/c1cc(Cl)c2c(c1)OCCO2. The predicted molar refractivity (Wildman–Crippen MR) is 110 cm³/mol. The summed E-state index contributed by atoms with van der Waals surface area (Å²) in [7, 11) is 2.04. The van der Waals surface area contributed by atoms with E-state index in [4.69, 9.17) is 21.1 Å². The molecule has 2 aliphatic heterocycles. The molecule has 6 heteroatoms. The summed E-state index contributed by atoms with van der Waals surface area (Å²) in [6, 6.07) is 7.93. The van der Waals surface area contributed by atoms with Gasteiger partial charge in [-0.05, 0) is 48.7 Å². The van der Waals surface area contributed by atoms with Gasteiger partial charge < -0.3 is 18.9 Å². The standard InChI is InChI=1S/C22H25ClN2O3/c1-24-10-5-7-18(24)19-6-3-2-4-11-25(19)21(26)9-8-16-14-17(23)22-20(15-16)27-12-13-28-22/h5,7-10,14-15,19H,2-4,6,11-13H2,1H3/b9-8+. The molecule has 2 aromatic rings. The van der Waals surface area contributed by atoms with Crippen LogP contribution in [0.4, 0.5) is 0 Å². The quantitative estimate of drug-likeness (QED) is 0.707. The minimum Gasteiger partial charge on any atom is -0.486 e. The molecule has 1 fully saturated rings. The number of carbonyl (C=O) groups is 1. The molecule has 0 saturated carbocycles. The Kier molecular flexibility index (Phi) is 5.62. The van der Waals surface area contributed by atoms with Crippen molar-refractivity contribution in [2.45, 2.75) is 31.7 Å². The third-order valence-electron chi connectivity index (χ3n) is 5.40. The van der Waals surface area contributed by atoms with E-state index in [-0.39, 0.29) is 11.9 Å². The van der Waals surface area contributed by atoms with Gasteiger partial charge in [0.25, 0.3) is 0 Å². The highest BCUT2D eigenvalue weighted by atomic mass is 35.5. The van der Waals surface area contributed by atoms with Crippen LogP contribution in [0, 0.1) is 0 Å². The van der Waals surface area contributed by atoms with Crippen LogP contribution in [0.15, 0.2) is 36.5 Å². The summed E-state index contributed by atoms with van der Waals surface area (Å²) >= 11 is 6.30. The van der Waals surface area contributed by atoms with Crippen LogP contribution in [-0.2, 0) is 11.8 Å². The van der Waals surface area contributed by atoms with Gasteiger partial charge in [-0.15, -0.1) is 0 Å². The molecule has 0 bridgehead atoms. The number of fused-ring (bicyclic) bond motifs is 1. The Morgan fingerprint density at radius 1 is 1.21 bits per heavy atom. The Labute approximate surface area is 170 Å². The van der Waals surface area contributed by atoms with Crippen molar-refractivity contribution < 1.29 is 14.3 Å². The van der Waals surface area contributed by atoms with Crippen molar-refractivity contribution in [3.8, 4) is 11.5 Å². The Morgan fingerprint density at radius 2 is 2.07 bits per heavy atom. The van der Waals surface area contributed by atoms with Gasteiger partial charge in [0.1, 0.15) is 13.2 Å². The van der Waals surface area contributed by atoms with Crippen LogP contribution in [0.25, 0.3) is 6.08 Å². The second-order valence-electron chi connectivity index (χ2n) is 7.30. The van der Waals surface area contributed by atoms with E-state index in [2.05, 4.69) is 10.6 Å². The normalized spacial score (nSPS) is 19.6. The number of ether oxygens (including phenoxy) is 2. The lowest BCUT2D eigenvalue weighted by Crippen LogP contribution is -2.34. The summed E-state index contributed by atoms with van der Waals surface area (Å²) in [6.07, 6.45) is 9.81. The van der Waals surface area contributed by atoms with E-state index >= 15 is 0 Å². The number of rotatable bonds is 3. The number of benzene rings is 1. The van der Waals surface area contributed by atoms with Gasteiger partial charge in [0.2, 0.25) is 5.91 Å². The first-order chi connectivity index (χ1) is 13.6. The third kappa shape index (κ3) is 3.90. The molecule has 0 spiro atoms. The topological polar surface area (TPSA) is 43.7 Å². The second kappa shape index (κ2) is 8.31. The molecule has 0 aliphatic carbocycles. The molecule has 1 saturated heterocycles. The molecule has 1 unspecified atom stereocenters. The zero-order valence-electron chi connectivity index (χ0n) is 16.1. The molecule has 148 valence electrons. The van der Waals surface area contributed by atoms with Crippen molar-refractivity contribution in [3.63, 3.8) is 0 Å². The number of halogens is 1. The minimum atomic E-state index is 0.0270. The summed E-state index contributed by atoms with van der Waals surface area (Å²) in [6.45, 7) is 1.78. The minimum absolute atomic E-state index is 0.0270. The van der Waals surface area contributed by atoms with E-state index in [1.807, 2.05) is 30.3 Å². The monoisotopic (exact) mass is 400 g/mol. The molecule has 3 heterocycles. The van der Waals surface area contributed by atoms with Gasteiger partial charge in [-0.1, -0.05) is 24.4 Å². The molecule has 1 atom stereocenters. The van der Waals surface area contributed by atoms with Crippen LogP contribution < -0.4 is 9.47 Å². The van der Waals surface area contributed by atoms with Gasteiger partial charge in [0.05, 0.1) is 11.1 Å². The highest BCUT2D eigenvalue weighted by Crippen LogP contribution is 2.38. The number of carbonyl (C=O) groups excluding carboxylic acids is 1. The van der Waals surface area contributed by atoms with Crippen LogP contribution in [0.3, 0.4) is 0 Å². The maximum atomic E-state index is 13.1. The fourth-order valence-electron chi connectivity index (χ4n) is 3.99. The third-order valence-corrected chi connectivity index (χ3v) is 5.68. The van der Waals surface area contributed by atoms with Crippen molar-refractivity contribution in [2.75, 3.05) is 19.8 Å². The number of aromatic nitrogens is 1. The number of amides is 1. The fourth-order valence-corrected chi connectivity index (χ4v) is 4.26. The number of hydrogen-bond acceptors (Lipinski definition) is 3. The van der Waals surface area contributed by atoms with Gasteiger partial charge in [0, 0.05) is 31.6 Å². The van der Waals surface area contributed by atoms with E-state index in [1.54, 1.807) is 18.2 Å². The molecule has 1 amide bonds. The molecule has 0 N–H and O–H groups in total. The zero-order valence-corrected chi connectivity index (χ0v) is 16.8. The summed E-state index contributed by atoms with van der Waals surface area (Å²) in [4.78, 5) is 15.1. The van der Waals surface area contributed by atoms with E-state index in [0.717, 1.165) is 37.8 Å². The summed E-state index contributed by atoms with van der Waals surface area (Å²) in [5.41, 5.74) is 2.01. The first-order valence-electron chi connectivity index (χ1n) is 9.82. The fraction of sp³-hybridized carbons (Fsp3) is 0.409. The summed E-state index contributed by atoms with van der Waals surface area (Å²) in [5.74, 6) is 1.23. The van der Waals surface area contributed by atoms with E-state index in [9.17, 15) is 4.79 Å². The van der Waals surface area contributed by atoms with Crippen LogP contribution in [0.5, 0.6) is 11.5 Å². The van der Waals surface area contributed by atoms with Crippen molar-refractivity contribution in [2.24, 2.45) is 7.05 Å². The Hall–Kier alpha value is -2.40. The number of likely N-dealkylation sites (tertiary alicyclic amines) is 1. The second-order valence-corrected chi connectivity index (χ2v) is 7.71. The van der Waals surface area contributed by atoms with Crippen molar-refractivity contribution in [1.29, 1.82) is 0 Å². The first kappa shape index (κ1) is 18.9. The Morgan fingerprint density at radius 3 is 2.89 bits per heavy atom. The number of nitrogens with zero attached hydrogens (tertiary/aromatic N) is 2. The maximum absolute atomic E-state index is 13.1. The molecular formula is C22H25ClN2O3. The smallest absolute Gasteiger partial charge is 0.247 e. The molecular weight excluding hydrogens is 376 g/mol. The molecule has 2 aliphatic rings. The van der Waals surface area contributed by atoms with Gasteiger partial charge in [-0.2, -0.15) is 0 Å². The lowest BCUT2D eigenvalue weighted by Gasteiger charge is -2.29. The lowest BCUT2D eigenvalue weighted by atomic mass is 10.1. The van der Waals surface area contributed by atoms with Crippen LogP contribution in [0.2, 0.25) is 5.02 Å². The number of hydrogen-bond donors (Lipinski definition) is 0. The molecule has 5 nitrogen and oxygen atoms in total. The van der Waals surface area contributed by atoms with Crippen molar-refractivity contribution >= 4 is 23.6 Å². The average Bonchev–Trinajstić information content (AvgIpc) is 2.98. The van der Waals surface area contributed by atoms with Crippen molar-refractivity contribution in [1.82, 2.24) is 9.47 Å². The van der Waals surface area contributed by atoms with Gasteiger partial charge in [-0.25, -0.2) is 0 Å². The Bertz CT molecular complexity index is 890. The van der Waals surface area contributed by atoms with E-state index < -0.39 is 0 Å². The van der Waals surface area contributed by atoms with Gasteiger partial charge >= 0.3 is 0 Å². The lowest BCUT2D eigenvalue weighted by molar-refractivity contribution is -0.128. The molecule has 1 aromatic carbocycles. The van der Waals surface area contributed by atoms with Gasteiger partial charge in [-0.3, -0.25) is 4.79 Å². The predicted octanol–water partition coefficient (Wildman–Crippen LogP) is 4.61. The van der Waals surface area contributed by atoms with Crippen LogP contribution in [0.1, 0.15) is 43.0 Å². The van der Waals surface area contributed by atoms with E-state index in [0.29, 0.717) is 29.7 Å². The summed E-state index contributed by atoms with van der Waals surface area (Å²) in [5, 5.41) is 0.501. The Balaban J connectivity index is 1.56. The van der Waals surface area contributed by atoms with E-state index in [1.165, 1.54) is 5.69 Å². The molecule has 28 heavy (non-hydrogen) atoms. The van der Waals surface area contributed by atoms with Crippen LogP contribution in [-0.4, -0.2) is 35.1 Å². The first-order valence-corrected chi connectivity index (χ1v) is 10.2. The largest absolute Gasteiger partial charge is 0.486 e. The summed E-state index contributed by atoms with van der Waals surface area (Å²) < 4.78 is 13.3. The zero-order chi connectivity index (χ0) is 19.5. The average molecular weight is 401 g/mol. The molecule has 0 radical (unpaired) electrons.